The fraction of sp³-hybridized carbons (Fsp3) is 0.537. The van der Waals surface area contributed by atoms with Crippen molar-refractivity contribution in [1.82, 2.24) is 108 Å². The lowest BCUT2D eigenvalue weighted by molar-refractivity contribution is -0.141. The lowest BCUT2D eigenvalue weighted by Crippen LogP contribution is -2.60. The third-order valence-electron chi connectivity index (χ3n) is 21.8. The van der Waals surface area contributed by atoms with Gasteiger partial charge in [-0.1, -0.05) is 42.5 Å². The number of H-pyrrole nitrogens is 3. The van der Waals surface area contributed by atoms with Crippen molar-refractivity contribution in [3.05, 3.63) is 103 Å². The monoisotopic (exact) mass is 1840 g/mol. The van der Waals surface area contributed by atoms with Crippen molar-refractivity contribution in [3.63, 3.8) is 0 Å². The molecule has 2 aliphatic rings. The van der Waals surface area contributed by atoms with Crippen LogP contribution in [0.3, 0.4) is 0 Å². The minimum Gasteiger partial charge on any atom is -0.481 e. The molecule has 0 bridgehead atoms. The van der Waals surface area contributed by atoms with E-state index in [1.165, 1.54) is 47.4 Å². The molecule has 3 aromatic heterocycles. The number of fused-ring (bicyclic) bond motifs is 1. The molecule has 0 spiro atoms. The molecule has 9 unspecified atom stereocenters. The molecule has 4 heterocycles. The second-order valence-corrected chi connectivity index (χ2v) is 31.9. The summed E-state index contributed by atoms with van der Waals surface area (Å²) in [5.74, 6) is -21.5. The van der Waals surface area contributed by atoms with Crippen molar-refractivity contribution < 1.29 is 137 Å². The van der Waals surface area contributed by atoms with Crippen molar-refractivity contribution >= 4 is 124 Å². The topological polar surface area (TPSA) is 738 Å². The van der Waals surface area contributed by atoms with E-state index in [0.29, 0.717) is 18.4 Å². The van der Waals surface area contributed by atoms with Crippen LogP contribution in [0.5, 0.6) is 0 Å². The molecule has 1 aliphatic heterocycles. The van der Waals surface area contributed by atoms with Crippen molar-refractivity contribution in [1.29, 1.82) is 0 Å². The quantitative estimate of drug-likeness (QED) is 0.0165. The average Bonchev–Trinajstić information content (AvgIpc) is 1.10. The minimum atomic E-state index is -1.88. The van der Waals surface area contributed by atoms with Crippen LogP contribution in [0.1, 0.15) is 119 Å². The lowest BCUT2D eigenvalue weighted by Gasteiger charge is -2.33. The summed E-state index contributed by atoms with van der Waals surface area (Å²) in [6.07, 6.45) is 2.71. The average molecular weight is 1840 g/mol. The highest BCUT2D eigenvalue weighted by Gasteiger charge is 2.38. The van der Waals surface area contributed by atoms with E-state index in [-0.39, 0.29) is 133 Å². The molecule has 2 fully saturated rings. The number of hydrogen-bond donors (Lipinski definition) is 23. The van der Waals surface area contributed by atoms with Crippen LogP contribution in [0.4, 0.5) is 4.79 Å². The summed E-state index contributed by atoms with van der Waals surface area (Å²) >= 11 is 0. The summed E-state index contributed by atoms with van der Waals surface area (Å²) in [4.78, 5) is 276. The first kappa shape index (κ1) is 104. The first-order chi connectivity index (χ1) is 62.4. The Labute approximate surface area is 748 Å². The minimum absolute atomic E-state index is 0.000286. The van der Waals surface area contributed by atoms with Gasteiger partial charge in [-0.3, -0.25) is 96.3 Å². The van der Waals surface area contributed by atoms with Gasteiger partial charge in [0.1, 0.15) is 54.4 Å². The number of aromatic amines is 3. The molecular formula is C82H113N21O28. The molecule has 0 radical (unpaired) electrons. The van der Waals surface area contributed by atoms with Crippen LogP contribution in [0.25, 0.3) is 10.8 Å². The molecule has 49 nitrogen and oxygen atoms in total. The number of hydrogen-bond acceptors (Lipinski definition) is 26. The third kappa shape index (κ3) is 38.4. The van der Waals surface area contributed by atoms with Crippen LogP contribution >= 0.6 is 0 Å². The van der Waals surface area contributed by atoms with Crippen LogP contribution < -0.4 is 58.5 Å². The van der Waals surface area contributed by atoms with Gasteiger partial charge in [-0.15, -0.1) is 0 Å². The molecule has 9 atom stereocenters. The maximum absolute atomic E-state index is 14.8. The number of imidazole rings is 3. The van der Waals surface area contributed by atoms with Crippen LogP contribution in [0.15, 0.2) is 80.0 Å². The second-order valence-electron chi connectivity index (χ2n) is 31.9. The Morgan fingerprint density at radius 3 is 1.22 bits per heavy atom. The highest BCUT2D eigenvalue weighted by Crippen LogP contribution is 2.29. The second kappa shape index (κ2) is 53.6. The fourth-order valence-electron chi connectivity index (χ4n) is 14.7. The predicted octanol–water partition coefficient (Wildman–Crippen LogP) is -3.98. The normalized spacial score (nSPS) is 16.8. The number of urea groups is 1. The Bertz CT molecular complexity index is 4690. The highest BCUT2D eigenvalue weighted by atomic mass is 16.4. The number of nitrogens with zero attached hydrogens (tertiary/aromatic N) is 7. The smallest absolute Gasteiger partial charge is 0.326 e. The maximum Gasteiger partial charge on any atom is 0.326 e. The number of aromatic nitrogens is 6. The zero-order chi connectivity index (χ0) is 95.6. The molecule has 131 heavy (non-hydrogen) atoms. The number of benzene rings is 2. The molecule has 1 saturated carbocycles. The number of aliphatic carboxylic acids is 9. The SMILES string of the molecule is O=C(O)CCC(NC(=O)NC(CCCCNC(=O)C(Cc1ccc2ccccc2c1)NC(=O)C1CCC(CNC(=O)C(CCC(=O)O)NC(=O)C(Cc2c[nH]cn2)NC(=O)C(CCC(=O)O)NC(=O)C(Cc2cnc[nH]2)NC(=O)C(CCC(=O)O)NC(=O)C(Cc2cnc[nH]2)NC(=O)CN2CCN(CC(=O)O)CCN(CC(=O)O)CCN(CC(=O)O)CC2)CC1)C(=O)O)C(=O)O. The number of carboxylic acids is 9. The van der Waals surface area contributed by atoms with Gasteiger partial charge in [-0.05, 0) is 92.9 Å². The van der Waals surface area contributed by atoms with Crippen LogP contribution in [0.2, 0.25) is 0 Å². The first-order valence-corrected chi connectivity index (χ1v) is 42.4. The van der Waals surface area contributed by atoms with Gasteiger partial charge >= 0.3 is 59.8 Å². The van der Waals surface area contributed by atoms with Crippen molar-refractivity contribution in [2.24, 2.45) is 11.8 Å². The standard InChI is InChI=1S/C82H113N21O28/c104-64(40-100-23-25-101(41-69(113)114)27-29-103(43-71(117)118)30-28-102(26-24-100)42-70(115)116)91-61(33-52-37-83-44-88-52)77(124)93-56(15-19-66(107)108)75(122)97-63(35-54-39-85-46-90-54)79(126)94-57(16-20-67(109)110)76(123)96-62(34-53-38-84-45-89-53)78(125)92-55(14-18-65(105)106)73(120)87-36-47-8-12-50(13-9-47)72(119)95-60(32-48-10-11-49-5-1-2-6-51(49)31-48)74(121)86-22-4-3-7-58(80(127)128)98-82(131)99-59(81(129)130)17-21-68(111)112/h1-2,5-6,10-11,31,37-39,44-47,50,55-63H,3-4,7-9,12-30,32-36,40-43H2,(H,83,88)(H,84,89)(H,85,90)(H,86,121)(H,87,120)(H,91,104)(H,92,125)(H,93,124)(H,94,126)(H,95,119)(H,96,123)(H,97,122)(H,105,106)(H,107,108)(H,109,110)(H,111,112)(H,113,114)(H,115,116)(H,117,118)(H,127,128)(H,129,130)(H2,98,99,131). The van der Waals surface area contributed by atoms with Gasteiger partial charge < -0.3 is 119 Å². The van der Waals surface area contributed by atoms with Crippen LogP contribution in [-0.4, -0.2) is 354 Å². The summed E-state index contributed by atoms with van der Waals surface area (Å²) in [5, 5.41) is 116. The summed E-state index contributed by atoms with van der Waals surface area (Å²) in [6, 6.07) is -2.78. The summed E-state index contributed by atoms with van der Waals surface area (Å²) in [7, 11) is 0. The van der Waals surface area contributed by atoms with E-state index in [2.05, 4.69) is 88.4 Å². The van der Waals surface area contributed by atoms with Gasteiger partial charge in [0.25, 0.3) is 0 Å². The van der Waals surface area contributed by atoms with Crippen molar-refractivity contribution in [2.75, 3.05) is 91.6 Å². The number of amides is 11. The van der Waals surface area contributed by atoms with Crippen LogP contribution in [0, 0.1) is 11.8 Å². The summed E-state index contributed by atoms with van der Waals surface area (Å²) in [5.41, 5.74) is 1.29. The molecular weight excluding hydrogens is 1730 g/mol. The Morgan fingerprint density at radius 1 is 0.382 bits per heavy atom. The van der Waals surface area contributed by atoms with Gasteiger partial charge in [0, 0.05) is 153 Å². The molecule has 49 heteroatoms. The number of nitrogens with one attached hydrogen (secondary N) is 14. The predicted molar refractivity (Wildman–Crippen MR) is 454 cm³/mol. The Kier molecular flexibility index (Phi) is 42.6. The summed E-state index contributed by atoms with van der Waals surface area (Å²) in [6.45, 7) is -1.51. The number of carbonyl (C=O) groups is 19. The van der Waals surface area contributed by atoms with E-state index in [1.807, 2.05) is 42.5 Å². The number of carbonyl (C=O) groups excluding carboxylic acids is 10. The van der Waals surface area contributed by atoms with Gasteiger partial charge in [0.15, 0.2) is 0 Å². The zero-order valence-corrected chi connectivity index (χ0v) is 71.6. The highest BCUT2D eigenvalue weighted by molar-refractivity contribution is 5.98. The molecule has 2 aromatic carbocycles. The molecule has 1 aliphatic carbocycles. The Balaban J connectivity index is 1.01. The molecule has 23 N–H and O–H groups in total. The maximum atomic E-state index is 14.8. The number of unbranched alkanes of at least 4 members (excludes halogenated alkanes) is 1. The number of carboxylic acid groups (broad SMARTS) is 9. The largest absolute Gasteiger partial charge is 0.481 e. The fourth-order valence-corrected chi connectivity index (χ4v) is 14.7. The van der Waals surface area contributed by atoms with Crippen molar-refractivity contribution in [3.8, 4) is 0 Å². The van der Waals surface area contributed by atoms with E-state index in [4.69, 9.17) is 5.11 Å². The molecule has 5 aromatic rings. The van der Waals surface area contributed by atoms with Gasteiger partial charge in [-0.25, -0.2) is 29.3 Å². The Hall–Kier alpha value is -14.1. The molecule has 714 valence electrons. The van der Waals surface area contributed by atoms with Gasteiger partial charge in [0.2, 0.25) is 53.2 Å². The van der Waals surface area contributed by atoms with E-state index >= 15 is 0 Å². The third-order valence-corrected chi connectivity index (χ3v) is 21.8. The zero-order valence-electron chi connectivity index (χ0n) is 71.6. The van der Waals surface area contributed by atoms with E-state index < -0.39 is 264 Å². The molecule has 1 saturated heterocycles. The van der Waals surface area contributed by atoms with Gasteiger partial charge in [0.05, 0.1) is 50.9 Å². The first-order valence-electron chi connectivity index (χ1n) is 42.4. The van der Waals surface area contributed by atoms with Gasteiger partial charge in [-0.2, -0.15) is 0 Å². The van der Waals surface area contributed by atoms with E-state index in [0.717, 1.165) is 10.8 Å². The Morgan fingerprint density at radius 2 is 0.786 bits per heavy atom. The number of rotatable bonds is 54. The lowest BCUT2D eigenvalue weighted by atomic mass is 9.81. The molecule has 7 rings (SSSR count). The van der Waals surface area contributed by atoms with E-state index in [9.17, 15) is 132 Å². The van der Waals surface area contributed by atoms with Crippen molar-refractivity contribution in [2.45, 2.75) is 176 Å². The van der Waals surface area contributed by atoms with E-state index in [1.54, 1.807) is 9.80 Å². The van der Waals surface area contributed by atoms with Crippen LogP contribution in [-0.2, 0) is 112 Å². The molecule has 11 amide bonds. The summed E-state index contributed by atoms with van der Waals surface area (Å²) < 4.78 is 0.